The maximum absolute atomic E-state index is 12.2. The Morgan fingerprint density at radius 3 is 2.42 bits per heavy atom. The second kappa shape index (κ2) is 8.27. The molecule has 1 amide bonds. The highest BCUT2D eigenvalue weighted by Crippen LogP contribution is 2.15. The fourth-order valence-electron chi connectivity index (χ4n) is 2.44. The summed E-state index contributed by atoms with van der Waals surface area (Å²) in [4.78, 5) is 24.2. The van der Waals surface area contributed by atoms with Crippen molar-refractivity contribution in [3.05, 3.63) is 85.7 Å². The maximum atomic E-state index is 12.2. The molecule has 5 nitrogen and oxygen atoms in total. The Kier molecular flexibility index (Phi) is 5.82. The van der Waals surface area contributed by atoms with E-state index < -0.39 is 0 Å². The molecule has 132 valence electrons. The molecule has 1 heterocycles. The van der Waals surface area contributed by atoms with Gasteiger partial charge in [0.15, 0.2) is 0 Å². The van der Waals surface area contributed by atoms with Gasteiger partial charge >= 0.3 is 0 Å². The molecule has 0 saturated carbocycles. The van der Waals surface area contributed by atoms with Crippen LogP contribution in [0, 0.1) is 10.5 Å². The topological polar surface area (TPSA) is 64.0 Å². The predicted octanol–water partition coefficient (Wildman–Crippen LogP) is 3.14. The van der Waals surface area contributed by atoms with Crippen molar-refractivity contribution >= 4 is 28.5 Å². The van der Waals surface area contributed by atoms with Gasteiger partial charge in [0.05, 0.1) is 5.69 Å². The summed E-state index contributed by atoms with van der Waals surface area (Å²) in [5, 5.41) is 7.14. The second-order valence-corrected chi connectivity index (χ2v) is 7.23. The summed E-state index contributed by atoms with van der Waals surface area (Å²) in [6.45, 7) is 2.32. The fourth-order valence-corrected chi connectivity index (χ4v) is 2.79. The van der Waals surface area contributed by atoms with E-state index in [1.165, 1.54) is 10.7 Å². The molecule has 1 aromatic heterocycles. The van der Waals surface area contributed by atoms with Gasteiger partial charge in [-0.25, -0.2) is 4.68 Å². The van der Waals surface area contributed by atoms with E-state index in [0.717, 1.165) is 20.3 Å². The van der Waals surface area contributed by atoms with Crippen LogP contribution in [-0.4, -0.2) is 15.7 Å². The van der Waals surface area contributed by atoms with E-state index in [2.05, 4.69) is 33.0 Å². The lowest BCUT2D eigenvalue weighted by Crippen LogP contribution is -2.33. The number of hydrogen-bond acceptors (Lipinski definition) is 3. The monoisotopic (exact) mass is 459 g/mol. The SMILES string of the molecule is Cc1ccc(-c2ccc(=O)n(CC(=O)NCc3ccc(I)cc3)n2)cc1. The number of rotatable bonds is 5. The van der Waals surface area contributed by atoms with E-state index in [-0.39, 0.29) is 18.0 Å². The minimum atomic E-state index is -0.301. The Balaban J connectivity index is 1.69. The lowest BCUT2D eigenvalue weighted by molar-refractivity contribution is -0.122. The molecule has 2 aromatic carbocycles. The Bertz CT molecular complexity index is 964. The summed E-state index contributed by atoms with van der Waals surface area (Å²) in [6, 6.07) is 18.9. The highest BCUT2D eigenvalue weighted by Gasteiger charge is 2.08. The van der Waals surface area contributed by atoms with Crippen LogP contribution in [0.4, 0.5) is 0 Å². The Hall–Kier alpha value is -2.48. The first-order valence-corrected chi connectivity index (χ1v) is 9.25. The van der Waals surface area contributed by atoms with Crippen molar-refractivity contribution in [1.82, 2.24) is 15.1 Å². The number of aryl methyl sites for hydroxylation is 1. The Labute approximate surface area is 165 Å². The number of carbonyl (C=O) groups is 1. The van der Waals surface area contributed by atoms with Gasteiger partial charge in [-0.2, -0.15) is 5.10 Å². The first kappa shape index (κ1) is 18.3. The summed E-state index contributed by atoms with van der Waals surface area (Å²) in [5.74, 6) is -0.251. The highest BCUT2D eigenvalue weighted by atomic mass is 127. The smallest absolute Gasteiger partial charge is 0.267 e. The zero-order valence-electron chi connectivity index (χ0n) is 14.3. The molecule has 0 unspecified atom stereocenters. The third-order valence-electron chi connectivity index (χ3n) is 3.91. The molecular weight excluding hydrogens is 441 g/mol. The minimum absolute atomic E-state index is 0.108. The molecule has 0 saturated heterocycles. The van der Waals surface area contributed by atoms with Gasteiger partial charge in [0.25, 0.3) is 5.56 Å². The van der Waals surface area contributed by atoms with Crippen LogP contribution < -0.4 is 10.9 Å². The van der Waals surface area contributed by atoms with Gasteiger partial charge < -0.3 is 5.32 Å². The Morgan fingerprint density at radius 1 is 1.04 bits per heavy atom. The molecule has 6 heteroatoms. The van der Waals surface area contributed by atoms with Gasteiger partial charge in [-0.3, -0.25) is 9.59 Å². The fraction of sp³-hybridized carbons (Fsp3) is 0.150. The molecule has 0 aliphatic rings. The number of nitrogens with one attached hydrogen (secondary N) is 1. The predicted molar refractivity (Wildman–Crippen MR) is 110 cm³/mol. The third-order valence-corrected chi connectivity index (χ3v) is 4.63. The number of hydrogen-bond donors (Lipinski definition) is 1. The van der Waals surface area contributed by atoms with Crippen LogP contribution in [0.15, 0.2) is 65.5 Å². The molecule has 0 aliphatic heterocycles. The molecule has 3 aromatic rings. The van der Waals surface area contributed by atoms with Gasteiger partial charge in [0.2, 0.25) is 5.91 Å². The van der Waals surface area contributed by atoms with Crippen molar-refractivity contribution in [2.75, 3.05) is 0 Å². The zero-order chi connectivity index (χ0) is 18.5. The molecule has 0 aliphatic carbocycles. The number of nitrogens with zero attached hydrogens (tertiary/aromatic N) is 2. The average Bonchev–Trinajstić information content (AvgIpc) is 2.64. The van der Waals surface area contributed by atoms with Crippen LogP contribution >= 0.6 is 22.6 Å². The molecule has 1 N–H and O–H groups in total. The normalized spacial score (nSPS) is 10.5. The van der Waals surface area contributed by atoms with Crippen LogP contribution in [0.2, 0.25) is 0 Å². The number of amides is 1. The highest BCUT2D eigenvalue weighted by molar-refractivity contribution is 14.1. The number of halogens is 1. The number of benzene rings is 2. The van der Waals surface area contributed by atoms with E-state index in [4.69, 9.17) is 0 Å². The van der Waals surface area contributed by atoms with Gasteiger partial charge in [-0.15, -0.1) is 0 Å². The summed E-state index contributed by atoms with van der Waals surface area (Å²) >= 11 is 2.23. The van der Waals surface area contributed by atoms with Crippen LogP contribution in [0.1, 0.15) is 11.1 Å². The molecule has 0 fully saturated rings. The minimum Gasteiger partial charge on any atom is -0.350 e. The molecule has 0 bridgehead atoms. The van der Waals surface area contributed by atoms with Crippen molar-refractivity contribution in [2.45, 2.75) is 20.0 Å². The van der Waals surface area contributed by atoms with Crippen molar-refractivity contribution in [3.63, 3.8) is 0 Å². The first-order chi connectivity index (χ1) is 12.5. The lowest BCUT2D eigenvalue weighted by Gasteiger charge is -2.09. The van der Waals surface area contributed by atoms with Crippen molar-refractivity contribution in [1.29, 1.82) is 0 Å². The van der Waals surface area contributed by atoms with Crippen LogP contribution in [0.3, 0.4) is 0 Å². The molecular formula is C20H18IN3O2. The molecule has 0 atom stereocenters. The Morgan fingerprint density at radius 2 is 1.73 bits per heavy atom. The molecule has 0 radical (unpaired) electrons. The van der Waals surface area contributed by atoms with E-state index >= 15 is 0 Å². The second-order valence-electron chi connectivity index (χ2n) is 5.98. The van der Waals surface area contributed by atoms with Crippen LogP contribution in [0.25, 0.3) is 11.3 Å². The van der Waals surface area contributed by atoms with Gasteiger partial charge in [0, 0.05) is 21.7 Å². The van der Waals surface area contributed by atoms with Gasteiger partial charge in [-0.05, 0) is 53.3 Å². The van der Waals surface area contributed by atoms with Crippen LogP contribution in [-0.2, 0) is 17.9 Å². The van der Waals surface area contributed by atoms with Crippen molar-refractivity contribution in [2.24, 2.45) is 0 Å². The van der Waals surface area contributed by atoms with E-state index in [1.807, 2.05) is 55.5 Å². The largest absolute Gasteiger partial charge is 0.350 e. The van der Waals surface area contributed by atoms with Gasteiger partial charge in [0.1, 0.15) is 6.54 Å². The van der Waals surface area contributed by atoms with E-state index in [9.17, 15) is 9.59 Å². The molecule has 3 rings (SSSR count). The maximum Gasteiger partial charge on any atom is 0.267 e. The lowest BCUT2D eigenvalue weighted by atomic mass is 10.1. The van der Waals surface area contributed by atoms with E-state index in [0.29, 0.717) is 12.2 Å². The zero-order valence-corrected chi connectivity index (χ0v) is 16.4. The first-order valence-electron chi connectivity index (χ1n) is 8.17. The van der Waals surface area contributed by atoms with Crippen molar-refractivity contribution in [3.8, 4) is 11.3 Å². The molecule has 0 spiro atoms. The quantitative estimate of drug-likeness (QED) is 0.597. The summed E-state index contributed by atoms with van der Waals surface area (Å²) in [6.07, 6.45) is 0. The summed E-state index contributed by atoms with van der Waals surface area (Å²) < 4.78 is 2.33. The average molecular weight is 459 g/mol. The van der Waals surface area contributed by atoms with Crippen molar-refractivity contribution < 1.29 is 4.79 Å². The summed E-state index contributed by atoms with van der Waals surface area (Å²) in [7, 11) is 0. The molecule has 26 heavy (non-hydrogen) atoms. The van der Waals surface area contributed by atoms with E-state index in [1.54, 1.807) is 6.07 Å². The number of aromatic nitrogens is 2. The van der Waals surface area contributed by atoms with Crippen LogP contribution in [0.5, 0.6) is 0 Å². The van der Waals surface area contributed by atoms with Gasteiger partial charge in [-0.1, -0.05) is 42.0 Å². The standard InChI is InChI=1S/C20H18IN3O2/c1-14-2-6-16(7-3-14)18-10-11-20(26)24(23-18)13-19(25)22-12-15-4-8-17(21)9-5-15/h2-11H,12-13H2,1H3,(H,22,25). The third kappa shape index (κ3) is 4.78. The number of carbonyl (C=O) groups excluding carboxylic acids is 1. The summed E-state index contributed by atoms with van der Waals surface area (Å²) in [5.41, 5.74) is 3.42.